The minimum atomic E-state index is -0.234. The monoisotopic (exact) mass is 249 g/mol. The van der Waals surface area contributed by atoms with E-state index in [4.69, 9.17) is 9.47 Å². The first-order chi connectivity index (χ1) is 8.65. The van der Waals surface area contributed by atoms with Crippen molar-refractivity contribution >= 4 is 11.7 Å². The number of carbonyl (C=O) groups is 1. The second kappa shape index (κ2) is 5.29. The summed E-state index contributed by atoms with van der Waals surface area (Å²) >= 11 is 0. The number of aryl methyl sites for hydroxylation is 1. The largest absolute Gasteiger partial charge is 0.496 e. The van der Waals surface area contributed by atoms with Crippen molar-refractivity contribution < 1.29 is 14.3 Å². The fraction of sp³-hybridized carbons (Fsp3) is 0.500. The molecule has 1 aromatic rings. The van der Waals surface area contributed by atoms with Crippen molar-refractivity contribution in [3.05, 3.63) is 23.8 Å². The molecule has 18 heavy (non-hydrogen) atoms. The van der Waals surface area contributed by atoms with Crippen LogP contribution in [-0.2, 0) is 9.53 Å². The van der Waals surface area contributed by atoms with E-state index in [1.165, 1.54) is 7.11 Å². The highest BCUT2D eigenvalue weighted by Gasteiger charge is 2.36. The molecule has 0 bridgehead atoms. The number of benzene rings is 1. The molecule has 0 aliphatic heterocycles. The van der Waals surface area contributed by atoms with Gasteiger partial charge in [-0.25, -0.2) is 4.79 Å². The van der Waals surface area contributed by atoms with Crippen LogP contribution in [0.15, 0.2) is 18.2 Å². The molecule has 1 atom stereocenters. The summed E-state index contributed by atoms with van der Waals surface area (Å²) in [4.78, 5) is 11.7. The number of ether oxygens (including phenoxy) is 2. The van der Waals surface area contributed by atoms with Crippen LogP contribution < -0.4 is 10.1 Å². The van der Waals surface area contributed by atoms with Gasteiger partial charge in [-0.3, -0.25) is 0 Å². The Kier molecular flexibility index (Phi) is 3.75. The van der Waals surface area contributed by atoms with E-state index in [9.17, 15) is 4.79 Å². The lowest BCUT2D eigenvalue weighted by atomic mass is 10.1. The fourth-order valence-electron chi connectivity index (χ4n) is 2.07. The van der Waals surface area contributed by atoms with Gasteiger partial charge in [0.2, 0.25) is 0 Å². The van der Waals surface area contributed by atoms with Crippen LogP contribution in [0.2, 0.25) is 0 Å². The standard InChI is InChI=1S/C14H19NO3/c1-9-8-11(6-7-12(9)17-2)15-13(10-4-5-10)14(16)18-3/h6-8,10,13,15H,4-5H2,1-3H3. The lowest BCUT2D eigenvalue weighted by molar-refractivity contribution is -0.142. The second-order valence-electron chi connectivity index (χ2n) is 4.67. The molecule has 98 valence electrons. The van der Waals surface area contributed by atoms with E-state index in [2.05, 4.69) is 5.32 Å². The van der Waals surface area contributed by atoms with E-state index < -0.39 is 0 Å². The number of esters is 1. The molecule has 1 saturated carbocycles. The van der Waals surface area contributed by atoms with Crippen molar-refractivity contribution in [2.75, 3.05) is 19.5 Å². The molecule has 4 heteroatoms. The third kappa shape index (κ3) is 2.75. The molecule has 0 amide bonds. The molecule has 0 heterocycles. The summed E-state index contributed by atoms with van der Waals surface area (Å²) in [6.45, 7) is 1.98. The zero-order valence-electron chi connectivity index (χ0n) is 11.0. The van der Waals surface area contributed by atoms with E-state index in [0.717, 1.165) is 29.8 Å². The average molecular weight is 249 g/mol. The Morgan fingerprint density at radius 3 is 2.61 bits per heavy atom. The van der Waals surface area contributed by atoms with E-state index in [1.54, 1.807) is 7.11 Å². The Morgan fingerprint density at radius 2 is 2.11 bits per heavy atom. The zero-order valence-corrected chi connectivity index (χ0v) is 11.0. The maximum Gasteiger partial charge on any atom is 0.328 e. The minimum Gasteiger partial charge on any atom is -0.496 e. The van der Waals surface area contributed by atoms with Gasteiger partial charge in [-0.15, -0.1) is 0 Å². The third-order valence-electron chi connectivity index (χ3n) is 3.27. The zero-order chi connectivity index (χ0) is 13.1. The van der Waals surface area contributed by atoms with Crippen LogP contribution in [0.5, 0.6) is 5.75 Å². The molecule has 1 aliphatic rings. The molecule has 1 unspecified atom stereocenters. The SMILES string of the molecule is COC(=O)C(Nc1ccc(OC)c(C)c1)C1CC1. The molecule has 0 aromatic heterocycles. The molecule has 2 rings (SSSR count). The first-order valence-electron chi connectivity index (χ1n) is 6.14. The van der Waals surface area contributed by atoms with Crippen molar-refractivity contribution in [1.82, 2.24) is 0 Å². The lowest BCUT2D eigenvalue weighted by Crippen LogP contribution is -2.32. The highest BCUT2D eigenvalue weighted by atomic mass is 16.5. The number of methoxy groups -OCH3 is 2. The maximum atomic E-state index is 11.7. The van der Waals surface area contributed by atoms with Crippen LogP contribution in [0.1, 0.15) is 18.4 Å². The topological polar surface area (TPSA) is 47.6 Å². The van der Waals surface area contributed by atoms with Gasteiger partial charge in [-0.2, -0.15) is 0 Å². The fourth-order valence-corrected chi connectivity index (χ4v) is 2.07. The predicted molar refractivity (Wildman–Crippen MR) is 69.9 cm³/mol. The summed E-state index contributed by atoms with van der Waals surface area (Å²) in [5, 5.41) is 3.25. The van der Waals surface area contributed by atoms with E-state index in [1.807, 2.05) is 25.1 Å². The van der Waals surface area contributed by atoms with Crippen LogP contribution in [0.25, 0.3) is 0 Å². The van der Waals surface area contributed by atoms with Crippen molar-refractivity contribution in [2.45, 2.75) is 25.8 Å². The van der Waals surface area contributed by atoms with Gasteiger partial charge in [0.05, 0.1) is 14.2 Å². The predicted octanol–water partition coefficient (Wildman–Crippen LogP) is 2.37. The van der Waals surface area contributed by atoms with Crippen LogP contribution >= 0.6 is 0 Å². The summed E-state index contributed by atoms with van der Waals surface area (Å²) in [6.07, 6.45) is 2.17. The molecular formula is C14H19NO3. The van der Waals surface area contributed by atoms with Crippen LogP contribution in [0.4, 0.5) is 5.69 Å². The molecule has 0 spiro atoms. The van der Waals surface area contributed by atoms with Crippen LogP contribution in [0, 0.1) is 12.8 Å². The van der Waals surface area contributed by atoms with Gasteiger partial charge in [-0.1, -0.05) is 0 Å². The summed E-state index contributed by atoms with van der Waals surface area (Å²) in [5.41, 5.74) is 1.97. The first-order valence-corrected chi connectivity index (χ1v) is 6.14. The first kappa shape index (κ1) is 12.7. The van der Waals surface area contributed by atoms with Gasteiger partial charge in [-0.05, 0) is 49.4 Å². The van der Waals surface area contributed by atoms with Crippen molar-refractivity contribution in [3.8, 4) is 5.75 Å². The molecule has 1 N–H and O–H groups in total. The smallest absolute Gasteiger partial charge is 0.328 e. The summed E-state index contributed by atoms with van der Waals surface area (Å²) in [7, 11) is 3.08. The summed E-state index contributed by atoms with van der Waals surface area (Å²) < 4.78 is 10.0. The van der Waals surface area contributed by atoms with E-state index in [-0.39, 0.29) is 12.0 Å². The van der Waals surface area contributed by atoms with Crippen LogP contribution in [0.3, 0.4) is 0 Å². The number of nitrogens with one attached hydrogen (secondary N) is 1. The Hall–Kier alpha value is -1.71. The van der Waals surface area contributed by atoms with Gasteiger partial charge >= 0.3 is 5.97 Å². The molecule has 0 saturated heterocycles. The highest BCUT2D eigenvalue weighted by molar-refractivity contribution is 5.80. The number of carbonyl (C=O) groups excluding carboxylic acids is 1. The van der Waals surface area contributed by atoms with Gasteiger partial charge in [0.1, 0.15) is 11.8 Å². The van der Waals surface area contributed by atoms with Gasteiger partial charge in [0, 0.05) is 5.69 Å². The Morgan fingerprint density at radius 1 is 1.39 bits per heavy atom. The third-order valence-corrected chi connectivity index (χ3v) is 3.27. The van der Waals surface area contributed by atoms with Crippen molar-refractivity contribution in [1.29, 1.82) is 0 Å². The summed E-state index contributed by atoms with van der Waals surface area (Å²) in [6, 6.07) is 5.57. The number of hydrogen-bond donors (Lipinski definition) is 1. The normalized spacial score (nSPS) is 15.9. The Bertz CT molecular complexity index is 441. The second-order valence-corrected chi connectivity index (χ2v) is 4.67. The molecule has 0 radical (unpaired) electrons. The van der Waals surface area contributed by atoms with E-state index >= 15 is 0 Å². The number of hydrogen-bond acceptors (Lipinski definition) is 4. The molecule has 1 aliphatic carbocycles. The average Bonchev–Trinajstić information content (AvgIpc) is 3.19. The Labute approximate surface area is 107 Å². The van der Waals surface area contributed by atoms with Gasteiger partial charge in [0.25, 0.3) is 0 Å². The van der Waals surface area contributed by atoms with Crippen LogP contribution in [-0.4, -0.2) is 26.2 Å². The van der Waals surface area contributed by atoms with Gasteiger partial charge in [0.15, 0.2) is 0 Å². The Balaban J connectivity index is 2.11. The van der Waals surface area contributed by atoms with Crippen molar-refractivity contribution in [3.63, 3.8) is 0 Å². The lowest BCUT2D eigenvalue weighted by Gasteiger charge is -2.18. The quantitative estimate of drug-likeness (QED) is 0.814. The van der Waals surface area contributed by atoms with Gasteiger partial charge < -0.3 is 14.8 Å². The van der Waals surface area contributed by atoms with Crippen molar-refractivity contribution in [2.24, 2.45) is 5.92 Å². The molecule has 1 aromatic carbocycles. The molecule has 1 fully saturated rings. The maximum absolute atomic E-state index is 11.7. The number of rotatable bonds is 5. The van der Waals surface area contributed by atoms with E-state index in [0.29, 0.717) is 5.92 Å². The number of anilines is 1. The minimum absolute atomic E-state index is 0.189. The molecule has 4 nitrogen and oxygen atoms in total. The summed E-state index contributed by atoms with van der Waals surface area (Å²) in [5.74, 6) is 1.06. The molecular weight excluding hydrogens is 230 g/mol. The highest BCUT2D eigenvalue weighted by Crippen LogP contribution is 2.35.